The van der Waals surface area contributed by atoms with Crippen molar-refractivity contribution in [1.82, 2.24) is 15.1 Å². The molecule has 2 aromatic heterocycles. The van der Waals surface area contributed by atoms with Crippen LogP contribution in [0.2, 0.25) is 5.02 Å². The van der Waals surface area contributed by atoms with Gasteiger partial charge in [0.15, 0.2) is 0 Å². The number of rotatable bonds is 6. The Kier molecular flexibility index (Phi) is 4.80. The fraction of sp³-hybridized carbons (Fsp3) is 0.462. The first kappa shape index (κ1) is 13.6. The molecule has 1 atom stereocenters. The summed E-state index contributed by atoms with van der Waals surface area (Å²) < 4.78 is 1.97. The lowest BCUT2D eigenvalue weighted by molar-refractivity contribution is 0.534. The summed E-state index contributed by atoms with van der Waals surface area (Å²) in [5.74, 6) is 0. The Balaban J connectivity index is 2.36. The minimum Gasteiger partial charge on any atom is -0.304 e. The van der Waals surface area contributed by atoms with E-state index in [-0.39, 0.29) is 6.04 Å². The molecule has 2 rings (SSSR count). The minimum absolute atomic E-state index is 0.139. The number of halogens is 1. The summed E-state index contributed by atoms with van der Waals surface area (Å²) in [5, 5.41) is 10.7. The third-order valence-electron chi connectivity index (χ3n) is 2.83. The highest BCUT2D eigenvalue weighted by Crippen LogP contribution is 2.30. The van der Waals surface area contributed by atoms with E-state index in [0.29, 0.717) is 0 Å². The topological polar surface area (TPSA) is 29.9 Å². The molecule has 3 nitrogen and oxygen atoms in total. The second-order valence-electron chi connectivity index (χ2n) is 4.10. The van der Waals surface area contributed by atoms with Crippen molar-refractivity contribution in [2.24, 2.45) is 0 Å². The van der Waals surface area contributed by atoms with Crippen LogP contribution in [0.3, 0.4) is 0 Å². The fourth-order valence-electron chi connectivity index (χ4n) is 1.99. The largest absolute Gasteiger partial charge is 0.304 e. The number of hydrogen-bond donors (Lipinski definition) is 1. The molecule has 0 saturated heterocycles. The van der Waals surface area contributed by atoms with Crippen LogP contribution in [0.1, 0.15) is 36.9 Å². The van der Waals surface area contributed by atoms with Crippen molar-refractivity contribution >= 4 is 22.9 Å². The number of hydrogen-bond acceptors (Lipinski definition) is 3. The zero-order valence-electron chi connectivity index (χ0n) is 10.7. The average molecular weight is 284 g/mol. The molecule has 5 heteroatoms. The number of nitrogens with one attached hydrogen (secondary N) is 1. The van der Waals surface area contributed by atoms with E-state index >= 15 is 0 Å². The highest BCUT2D eigenvalue weighted by molar-refractivity contribution is 7.10. The van der Waals surface area contributed by atoms with Crippen LogP contribution in [-0.4, -0.2) is 16.3 Å². The number of thiophene rings is 1. The summed E-state index contributed by atoms with van der Waals surface area (Å²) in [5.41, 5.74) is 1.06. The Hall–Kier alpha value is -0.840. The van der Waals surface area contributed by atoms with Gasteiger partial charge in [-0.05, 0) is 31.3 Å². The van der Waals surface area contributed by atoms with Gasteiger partial charge in [0.05, 0.1) is 23.0 Å². The van der Waals surface area contributed by atoms with E-state index < -0.39 is 0 Å². The Labute approximate surface area is 117 Å². The van der Waals surface area contributed by atoms with E-state index in [1.54, 1.807) is 17.5 Å². The second-order valence-corrected chi connectivity index (χ2v) is 5.48. The summed E-state index contributed by atoms with van der Waals surface area (Å²) in [6.45, 7) is 6.04. The third-order valence-corrected chi connectivity index (χ3v) is 4.06. The molecule has 2 aromatic rings. The van der Waals surface area contributed by atoms with Crippen LogP contribution in [0.25, 0.3) is 0 Å². The molecule has 0 fully saturated rings. The van der Waals surface area contributed by atoms with Gasteiger partial charge in [-0.1, -0.05) is 24.6 Å². The molecule has 0 aliphatic heterocycles. The van der Waals surface area contributed by atoms with E-state index in [2.05, 4.69) is 41.8 Å². The van der Waals surface area contributed by atoms with Crippen molar-refractivity contribution in [1.29, 1.82) is 0 Å². The van der Waals surface area contributed by atoms with Gasteiger partial charge in [-0.25, -0.2) is 0 Å². The van der Waals surface area contributed by atoms with Crippen LogP contribution in [0.15, 0.2) is 23.7 Å². The highest BCUT2D eigenvalue weighted by Gasteiger charge is 2.21. The monoisotopic (exact) mass is 283 g/mol. The van der Waals surface area contributed by atoms with E-state index in [4.69, 9.17) is 11.6 Å². The summed E-state index contributed by atoms with van der Waals surface area (Å²) in [7, 11) is 0. The van der Waals surface area contributed by atoms with Crippen LogP contribution in [0.4, 0.5) is 0 Å². The Morgan fingerprint density at radius 3 is 2.94 bits per heavy atom. The number of nitrogens with zero attached hydrogens (tertiary/aromatic N) is 2. The number of aryl methyl sites for hydroxylation is 1. The van der Waals surface area contributed by atoms with Crippen LogP contribution in [-0.2, 0) is 6.54 Å². The summed E-state index contributed by atoms with van der Waals surface area (Å²) in [6.07, 6.45) is 2.83. The van der Waals surface area contributed by atoms with Crippen molar-refractivity contribution in [2.75, 3.05) is 6.54 Å². The quantitative estimate of drug-likeness (QED) is 0.876. The maximum Gasteiger partial charge on any atom is 0.0857 e. The molecule has 0 bridgehead atoms. The Morgan fingerprint density at radius 2 is 2.33 bits per heavy atom. The molecule has 0 aromatic carbocycles. The Morgan fingerprint density at radius 1 is 1.50 bits per heavy atom. The van der Waals surface area contributed by atoms with Crippen molar-refractivity contribution < 1.29 is 0 Å². The van der Waals surface area contributed by atoms with Crippen LogP contribution in [0, 0.1) is 0 Å². The first-order valence-electron chi connectivity index (χ1n) is 6.25. The lowest BCUT2D eigenvalue weighted by atomic mass is 10.1. The van der Waals surface area contributed by atoms with Crippen molar-refractivity contribution in [2.45, 2.75) is 32.9 Å². The molecular formula is C13H18ClN3S. The van der Waals surface area contributed by atoms with Gasteiger partial charge in [0, 0.05) is 11.4 Å². The SMILES string of the molecule is CCCNC(c1cccs1)c1c(Cl)cnn1CC. The first-order valence-corrected chi connectivity index (χ1v) is 7.51. The molecular weight excluding hydrogens is 266 g/mol. The molecule has 0 spiro atoms. The van der Waals surface area contributed by atoms with E-state index in [0.717, 1.165) is 30.2 Å². The van der Waals surface area contributed by atoms with Crippen LogP contribution < -0.4 is 5.32 Å². The molecule has 0 amide bonds. The maximum absolute atomic E-state index is 6.30. The third kappa shape index (κ3) is 2.76. The molecule has 2 heterocycles. The van der Waals surface area contributed by atoms with Gasteiger partial charge in [-0.2, -0.15) is 5.10 Å². The van der Waals surface area contributed by atoms with Gasteiger partial charge in [0.1, 0.15) is 0 Å². The van der Waals surface area contributed by atoms with Gasteiger partial charge >= 0.3 is 0 Å². The summed E-state index contributed by atoms with van der Waals surface area (Å²) >= 11 is 8.04. The molecule has 0 aliphatic carbocycles. The highest BCUT2D eigenvalue weighted by atomic mass is 35.5. The predicted molar refractivity (Wildman–Crippen MR) is 77.4 cm³/mol. The zero-order valence-corrected chi connectivity index (χ0v) is 12.3. The van der Waals surface area contributed by atoms with E-state index in [1.165, 1.54) is 4.88 Å². The van der Waals surface area contributed by atoms with Gasteiger partial charge in [-0.15, -0.1) is 11.3 Å². The maximum atomic E-state index is 6.30. The predicted octanol–water partition coefficient (Wildman–Crippen LogP) is 3.71. The second kappa shape index (κ2) is 6.36. The Bertz CT molecular complexity index is 478. The zero-order chi connectivity index (χ0) is 13.0. The van der Waals surface area contributed by atoms with Gasteiger partial charge in [0.25, 0.3) is 0 Å². The molecule has 1 N–H and O–H groups in total. The summed E-state index contributed by atoms with van der Waals surface area (Å²) in [4.78, 5) is 1.28. The van der Waals surface area contributed by atoms with Crippen molar-refractivity contribution in [3.05, 3.63) is 39.3 Å². The molecule has 98 valence electrons. The lowest BCUT2D eigenvalue weighted by Crippen LogP contribution is -2.25. The fourth-order valence-corrected chi connectivity index (χ4v) is 3.04. The van der Waals surface area contributed by atoms with Crippen molar-refractivity contribution in [3.8, 4) is 0 Å². The molecule has 0 aliphatic rings. The van der Waals surface area contributed by atoms with Crippen LogP contribution in [0.5, 0.6) is 0 Å². The lowest BCUT2D eigenvalue weighted by Gasteiger charge is -2.19. The number of aromatic nitrogens is 2. The smallest absolute Gasteiger partial charge is 0.0857 e. The first-order chi connectivity index (χ1) is 8.77. The normalized spacial score (nSPS) is 12.8. The van der Waals surface area contributed by atoms with E-state index in [9.17, 15) is 0 Å². The average Bonchev–Trinajstić information content (AvgIpc) is 3.01. The molecule has 0 radical (unpaired) electrons. The van der Waals surface area contributed by atoms with Gasteiger partial charge in [-0.3, -0.25) is 4.68 Å². The molecule has 1 unspecified atom stereocenters. The van der Waals surface area contributed by atoms with E-state index in [1.807, 2.05) is 4.68 Å². The minimum atomic E-state index is 0.139. The molecule has 18 heavy (non-hydrogen) atoms. The molecule has 0 saturated carbocycles. The van der Waals surface area contributed by atoms with Gasteiger partial charge < -0.3 is 5.32 Å². The van der Waals surface area contributed by atoms with Crippen LogP contribution >= 0.6 is 22.9 Å². The summed E-state index contributed by atoms with van der Waals surface area (Å²) in [6, 6.07) is 4.35. The standard InChI is InChI=1S/C13H18ClN3S/c1-3-7-15-12(11-6-5-8-18-11)13-10(14)9-16-17(13)4-2/h5-6,8-9,12,15H,3-4,7H2,1-2H3. The van der Waals surface area contributed by atoms with Crippen molar-refractivity contribution in [3.63, 3.8) is 0 Å². The van der Waals surface area contributed by atoms with Gasteiger partial charge in [0.2, 0.25) is 0 Å².